The Labute approximate surface area is 254 Å². The second-order valence-corrected chi connectivity index (χ2v) is 12.0. The maximum atomic E-state index is 13.7. The summed E-state index contributed by atoms with van der Waals surface area (Å²) in [5.41, 5.74) is 3.49. The maximum Gasteiger partial charge on any atom is 0.341 e. The van der Waals surface area contributed by atoms with Crippen molar-refractivity contribution in [1.82, 2.24) is 0 Å². The van der Waals surface area contributed by atoms with Crippen LogP contribution in [0.4, 0.5) is 5.00 Å². The van der Waals surface area contributed by atoms with Crippen LogP contribution in [0.1, 0.15) is 50.5 Å². The van der Waals surface area contributed by atoms with E-state index in [9.17, 15) is 14.4 Å². The number of carbonyl (C=O) groups excluding carboxylic acids is 2. The largest absolute Gasteiger partial charge is 0.473 e. The summed E-state index contributed by atoms with van der Waals surface area (Å²) in [6.07, 6.45) is -1.10. The summed E-state index contributed by atoms with van der Waals surface area (Å²) in [5.74, 6) is -0.902. The van der Waals surface area contributed by atoms with Crippen LogP contribution in [0.15, 0.2) is 93.5 Å². The summed E-state index contributed by atoms with van der Waals surface area (Å²) in [5, 5.41) is 5.30. The van der Waals surface area contributed by atoms with Gasteiger partial charge in [-0.15, -0.1) is 11.3 Å². The van der Waals surface area contributed by atoms with E-state index >= 15 is 0 Å². The fraction of sp³-hybridized carbons (Fsp3) is 0.229. The molecule has 2 heterocycles. The van der Waals surface area contributed by atoms with Crippen LogP contribution in [0.5, 0.6) is 5.75 Å². The van der Waals surface area contributed by atoms with Gasteiger partial charge in [0.15, 0.2) is 11.9 Å². The molecule has 0 fully saturated rings. The maximum absolute atomic E-state index is 13.7. The second-order valence-electron chi connectivity index (χ2n) is 11.1. The van der Waals surface area contributed by atoms with E-state index in [2.05, 4.69) is 26.1 Å². The summed E-state index contributed by atoms with van der Waals surface area (Å²) in [6.45, 7) is 9.83. The third-order valence-electron chi connectivity index (χ3n) is 7.03. The van der Waals surface area contributed by atoms with Gasteiger partial charge in [-0.2, -0.15) is 0 Å². The van der Waals surface area contributed by atoms with Crippen LogP contribution >= 0.6 is 11.3 Å². The van der Waals surface area contributed by atoms with Gasteiger partial charge in [0.05, 0.1) is 12.0 Å². The molecule has 0 radical (unpaired) electrons. The molecule has 3 aromatic carbocycles. The van der Waals surface area contributed by atoms with Gasteiger partial charge in [0.1, 0.15) is 16.1 Å². The van der Waals surface area contributed by atoms with E-state index in [0.29, 0.717) is 27.1 Å². The van der Waals surface area contributed by atoms with Crippen LogP contribution in [0.2, 0.25) is 0 Å². The number of rotatable bonds is 8. The van der Waals surface area contributed by atoms with Crippen molar-refractivity contribution >= 4 is 39.2 Å². The number of fused-ring (bicyclic) bond motifs is 1. The fourth-order valence-corrected chi connectivity index (χ4v) is 5.63. The average Bonchev–Trinajstić information content (AvgIpc) is 3.42. The number of hydrogen-bond acceptors (Lipinski definition) is 7. The molecule has 1 amide bonds. The molecule has 0 aliphatic rings. The molecule has 0 bridgehead atoms. The molecule has 7 nitrogen and oxygen atoms in total. The molecule has 43 heavy (non-hydrogen) atoms. The highest BCUT2D eigenvalue weighted by Gasteiger charge is 2.27. The number of nitrogens with one attached hydrogen (secondary N) is 1. The van der Waals surface area contributed by atoms with Crippen molar-refractivity contribution in [3.8, 4) is 28.2 Å². The molecular formula is C35H33NO6S. The molecule has 5 aromatic rings. The Morgan fingerprint density at radius 1 is 0.930 bits per heavy atom. The van der Waals surface area contributed by atoms with Crippen LogP contribution in [-0.2, 0) is 14.9 Å². The zero-order valence-electron chi connectivity index (χ0n) is 24.7. The quantitative estimate of drug-likeness (QED) is 0.182. The standard InChI is InChI=1S/C35H33NO6S/c1-6-40-34(39)28-26(22-12-8-7-9-13-22)20-43-33(28)36-32(38)21(2)41-31-29(37)25-14-10-11-15-27(25)42-30(31)23-16-18-24(19-17-23)35(3,4)5/h7-21H,6H2,1-5H3,(H,36,38). The Balaban J connectivity index is 1.49. The topological polar surface area (TPSA) is 94.8 Å². The van der Waals surface area contributed by atoms with Gasteiger partial charge < -0.3 is 19.2 Å². The Morgan fingerprint density at radius 2 is 1.60 bits per heavy atom. The van der Waals surface area contributed by atoms with Crippen LogP contribution in [0.3, 0.4) is 0 Å². The number of hydrogen-bond donors (Lipinski definition) is 1. The zero-order valence-corrected chi connectivity index (χ0v) is 25.5. The molecule has 5 rings (SSSR count). The van der Waals surface area contributed by atoms with Gasteiger partial charge in [-0.3, -0.25) is 9.59 Å². The second kappa shape index (κ2) is 12.3. The molecule has 1 atom stereocenters. The van der Waals surface area contributed by atoms with E-state index in [0.717, 1.165) is 11.1 Å². The van der Waals surface area contributed by atoms with Crippen LogP contribution in [0.25, 0.3) is 33.4 Å². The first-order valence-electron chi connectivity index (χ1n) is 14.1. The van der Waals surface area contributed by atoms with Crippen LogP contribution in [-0.4, -0.2) is 24.6 Å². The van der Waals surface area contributed by atoms with Crippen molar-refractivity contribution in [3.05, 3.63) is 106 Å². The van der Waals surface area contributed by atoms with E-state index in [4.69, 9.17) is 13.9 Å². The monoisotopic (exact) mass is 595 g/mol. The third kappa shape index (κ3) is 6.24. The lowest BCUT2D eigenvalue weighted by Crippen LogP contribution is -2.32. The number of esters is 1. The summed E-state index contributed by atoms with van der Waals surface area (Å²) in [7, 11) is 0. The van der Waals surface area contributed by atoms with Crippen molar-refractivity contribution in [1.29, 1.82) is 0 Å². The molecule has 1 unspecified atom stereocenters. The molecule has 1 N–H and O–H groups in total. The Hall–Kier alpha value is -4.69. The highest BCUT2D eigenvalue weighted by molar-refractivity contribution is 7.15. The van der Waals surface area contributed by atoms with Gasteiger partial charge in [0.25, 0.3) is 5.91 Å². The van der Waals surface area contributed by atoms with Gasteiger partial charge in [-0.25, -0.2) is 4.79 Å². The van der Waals surface area contributed by atoms with E-state index in [-0.39, 0.29) is 34.5 Å². The van der Waals surface area contributed by atoms with Gasteiger partial charge in [-0.05, 0) is 42.5 Å². The minimum atomic E-state index is -1.10. The molecule has 0 aliphatic heterocycles. The zero-order chi connectivity index (χ0) is 30.7. The molecular weight excluding hydrogens is 562 g/mol. The number of amides is 1. The van der Waals surface area contributed by atoms with E-state index in [1.54, 1.807) is 43.5 Å². The summed E-state index contributed by atoms with van der Waals surface area (Å²) < 4.78 is 17.6. The van der Waals surface area contributed by atoms with Crippen molar-refractivity contribution in [2.24, 2.45) is 0 Å². The lowest BCUT2D eigenvalue weighted by Gasteiger charge is -2.20. The highest BCUT2D eigenvalue weighted by atomic mass is 32.1. The summed E-state index contributed by atoms with van der Waals surface area (Å²) in [6, 6.07) is 24.1. The van der Waals surface area contributed by atoms with Crippen molar-refractivity contribution < 1.29 is 23.5 Å². The third-order valence-corrected chi connectivity index (χ3v) is 7.92. The number of thiophene rings is 1. The summed E-state index contributed by atoms with van der Waals surface area (Å²) >= 11 is 1.22. The lowest BCUT2D eigenvalue weighted by atomic mass is 9.86. The SMILES string of the molecule is CCOC(=O)c1c(-c2ccccc2)csc1NC(=O)C(C)Oc1c(-c2ccc(C(C)(C)C)cc2)oc2ccccc2c1=O. The molecule has 0 saturated heterocycles. The van der Waals surface area contributed by atoms with Gasteiger partial charge >= 0.3 is 5.97 Å². The first-order chi connectivity index (χ1) is 20.6. The molecule has 0 aliphatic carbocycles. The number of ether oxygens (including phenoxy) is 2. The molecule has 8 heteroatoms. The van der Waals surface area contributed by atoms with Crippen molar-refractivity contribution in [2.75, 3.05) is 11.9 Å². The molecule has 2 aromatic heterocycles. The number of anilines is 1. The highest BCUT2D eigenvalue weighted by Crippen LogP contribution is 2.37. The predicted molar refractivity (Wildman–Crippen MR) is 171 cm³/mol. The Kier molecular flexibility index (Phi) is 8.50. The number of carbonyl (C=O) groups is 2. The molecule has 0 spiro atoms. The number of para-hydroxylation sites is 1. The number of benzene rings is 3. The van der Waals surface area contributed by atoms with Gasteiger partial charge in [0.2, 0.25) is 11.2 Å². The van der Waals surface area contributed by atoms with E-state index in [1.807, 2.05) is 54.6 Å². The van der Waals surface area contributed by atoms with E-state index in [1.165, 1.54) is 11.3 Å². The average molecular weight is 596 g/mol. The lowest BCUT2D eigenvalue weighted by molar-refractivity contribution is -0.122. The van der Waals surface area contributed by atoms with Gasteiger partial charge in [0, 0.05) is 16.5 Å². The van der Waals surface area contributed by atoms with Crippen LogP contribution < -0.4 is 15.5 Å². The normalized spacial score (nSPS) is 12.1. The predicted octanol–water partition coefficient (Wildman–Crippen LogP) is 8.07. The Bertz CT molecular complexity index is 1830. The molecule has 220 valence electrons. The smallest absolute Gasteiger partial charge is 0.341 e. The van der Waals surface area contributed by atoms with Crippen LogP contribution in [0, 0.1) is 0 Å². The first kappa shape index (κ1) is 29.8. The van der Waals surface area contributed by atoms with Gasteiger partial charge in [-0.1, -0.05) is 87.5 Å². The minimum absolute atomic E-state index is 0.0563. The first-order valence-corrected chi connectivity index (χ1v) is 14.9. The minimum Gasteiger partial charge on any atom is -0.473 e. The Morgan fingerprint density at radius 3 is 2.28 bits per heavy atom. The summed E-state index contributed by atoms with van der Waals surface area (Å²) in [4.78, 5) is 40.1. The van der Waals surface area contributed by atoms with Crippen molar-refractivity contribution in [2.45, 2.75) is 46.1 Å². The van der Waals surface area contributed by atoms with E-state index < -0.39 is 18.0 Å². The van der Waals surface area contributed by atoms with Crippen molar-refractivity contribution in [3.63, 3.8) is 0 Å². The fourth-order valence-electron chi connectivity index (χ4n) is 4.67. The molecule has 0 saturated carbocycles.